The Hall–Kier alpha value is -1.49. The molecule has 4 N–H and O–H groups in total. The summed E-state index contributed by atoms with van der Waals surface area (Å²) in [6.07, 6.45) is 0. The van der Waals surface area contributed by atoms with Gasteiger partial charge in [0.05, 0.1) is 12.2 Å². The number of rotatable bonds is 4. The molecule has 0 aliphatic carbocycles. The molecule has 0 spiro atoms. The highest BCUT2D eigenvalue weighted by molar-refractivity contribution is 6.29. The molecule has 1 amide bonds. The summed E-state index contributed by atoms with van der Waals surface area (Å²) in [5.74, 6) is 0.312. The number of amides is 1. The van der Waals surface area contributed by atoms with E-state index in [9.17, 15) is 4.79 Å². The Bertz CT molecular complexity index is 356. The van der Waals surface area contributed by atoms with E-state index in [4.69, 9.17) is 17.3 Å². The maximum absolute atomic E-state index is 11.1. The normalized spacial score (nSPS) is 9.73. The molecule has 0 aromatic carbocycles. The molecule has 0 aliphatic rings. The largest absolute Gasteiger partial charge is 0.396 e. The Balaban J connectivity index is 2.57. The van der Waals surface area contributed by atoms with E-state index < -0.39 is 0 Å². The van der Waals surface area contributed by atoms with Crippen LogP contribution >= 0.6 is 11.6 Å². The number of carbonyl (C=O) groups is 1. The number of pyridine rings is 1. The van der Waals surface area contributed by atoms with Crippen LogP contribution in [-0.4, -0.2) is 24.0 Å². The molecule has 0 radical (unpaired) electrons. The number of anilines is 2. The highest BCUT2D eigenvalue weighted by atomic mass is 35.5. The molecule has 0 aliphatic heterocycles. The van der Waals surface area contributed by atoms with Gasteiger partial charge < -0.3 is 16.4 Å². The van der Waals surface area contributed by atoms with E-state index in [1.807, 2.05) is 6.92 Å². The highest BCUT2D eigenvalue weighted by Gasteiger charge is 2.04. The first-order valence-electron chi connectivity index (χ1n) is 4.56. The van der Waals surface area contributed by atoms with Crippen molar-refractivity contribution in [3.05, 3.63) is 17.3 Å². The first-order chi connectivity index (χ1) is 7.13. The van der Waals surface area contributed by atoms with Crippen molar-refractivity contribution in [1.82, 2.24) is 10.3 Å². The van der Waals surface area contributed by atoms with Crippen LogP contribution in [0.2, 0.25) is 5.15 Å². The molecule has 15 heavy (non-hydrogen) atoms. The molecular formula is C9H13ClN4O. The molecule has 82 valence electrons. The summed E-state index contributed by atoms with van der Waals surface area (Å²) < 4.78 is 0. The van der Waals surface area contributed by atoms with Gasteiger partial charge in [0.1, 0.15) is 5.15 Å². The number of hydrogen-bond acceptors (Lipinski definition) is 4. The lowest BCUT2D eigenvalue weighted by Crippen LogP contribution is -2.29. The van der Waals surface area contributed by atoms with E-state index in [-0.39, 0.29) is 12.5 Å². The number of hydrogen-bond donors (Lipinski definition) is 3. The lowest BCUT2D eigenvalue weighted by molar-refractivity contribution is -0.119. The van der Waals surface area contributed by atoms with Gasteiger partial charge in [0.25, 0.3) is 0 Å². The SMILES string of the molecule is CCNC(=O)CNc1nc(Cl)ccc1N. The van der Waals surface area contributed by atoms with E-state index in [0.29, 0.717) is 23.2 Å². The van der Waals surface area contributed by atoms with Crippen molar-refractivity contribution < 1.29 is 4.79 Å². The minimum atomic E-state index is -0.112. The van der Waals surface area contributed by atoms with Gasteiger partial charge in [-0.05, 0) is 19.1 Å². The molecule has 1 aromatic heterocycles. The van der Waals surface area contributed by atoms with Gasteiger partial charge in [-0.25, -0.2) is 4.98 Å². The van der Waals surface area contributed by atoms with Crippen LogP contribution in [0.1, 0.15) is 6.92 Å². The quantitative estimate of drug-likeness (QED) is 0.668. The number of aromatic nitrogens is 1. The van der Waals surface area contributed by atoms with Crippen molar-refractivity contribution in [2.24, 2.45) is 0 Å². The van der Waals surface area contributed by atoms with E-state index in [1.54, 1.807) is 12.1 Å². The maximum Gasteiger partial charge on any atom is 0.239 e. The second kappa shape index (κ2) is 5.41. The second-order valence-electron chi connectivity index (χ2n) is 2.88. The summed E-state index contributed by atoms with van der Waals surface area (Å²) in [7, 11) is 0. The number of nitrogen functional groups attached to an aromatic ring is 1. The smallest absolute Gasteiger partial charge is 0.239 e. The van der Waals surface area contributed by atoms with Crippen molar-refractivity contribution in [1.29, 1.82) is 0 Å². The van der Waals surface area contributed by atoms with Crippen LogP contribution in [0.4, 0.5) is 11.5 Å². The average molecular weight is 229 g/mol. The Morgan fingerprint density at radius 3 is 3.00 bits per heavy atom. The zero-order valence-corrected chi connectivity index (χ0v) is 9.14. The zero-order valence-electron chi connectivity index (χ0n) is 8.38. The number of nitrogens with zero attached hydrogens (tertiary/aromatic N) is 1. The summed E-state index contributed by atoms with van der Waals surface area (Å²) in [6, 6.07) is 3.23. The van der Waals surface area contributed by atoms with Gasteiger partial charge in [0, 0.05) is 6.54 Å². The Morgan fingerprint density at radius 2 is 2.33 bits per heavy atom. The van der Waals surface area contributed by atoms with Crippen LogP contribution in [0, 0.1) is 0 Å². The van der Waals surface area contributed by atoms with Crippen LogP contribution in [0.15, 0.2) is 12.1 Å². The van der Waals surface area contributed by atoms with Gasteiger partial charge in [-0.3, -0.25) is 4.79 Å². The van der Waals surface area contributed by atoms with Crippen LogP contribution in [0.3, 0.4) is 0 Å². The molecule has 5 nitrogen and oxygen atoms in total. The molecule has 0 saturated heterocycles. The van der Waals surface area contributed by atoms with Gasteiger partial charge in [-0.15, -0.1) is 0 Å². The molecule has 0 unspecified atom stereocenters. The summed E-state index contributed by atoms with van der Waals surface area (Å²) in [5, 5.41) is 5.79. The van der Waals surface area contributed by atoms with Crippen molar-refractivity contribution in [2.45, 2.75) is 6.92 Å². The number of likely N-dealkylation sites (N-methyl/N-ethyl adjacent to an activating group) is 1. The van der Waals surface area contributed by atoms with Gasteiger partial charge in [0.15, 0.2) is 5.82 Å². The predicted molar refractivity (Wildman–Crippen MR) is 60.8 cm³/mol. The number of halogens is 1. The van der Waals surface area contributed by atoms with Crippen LogP contribution in [-0.2, 0) is 4.79 Å². The van der Waals surface area contributed by atoms with Gasteiger partial charge >= 0.3 is 0 Å². The van der Waals surface area contributed by atoms with Crippen molar-refractivity contribution in [3.63, 3.8) is 0 Å². The second-order valence-corrected chi connectivity index (χ2v) is 3.27. The molecular weight excluding hydrogens is 216 g/mol. The number of carbonyl (C=O) groups excluding carboxylic acids is 1. The van der Waals surface area contributed by atoms with Crippen LogP contribution in [0.25, 0.3) is 0 Å². The summed E-state index contributed by atoms with van der Waals surface area (Å²) in [5.41, 5.74) is 6.10. The first kappa shape index (κ1) is 11.6. The van der Waals surface area contributed by atoms with E-state index >= 15 is 0 Å². The molecule has 6 heteroatoms. The van der Waals surface area contributed by atoms with E-state index in [1.165, 1.54) is 0 Å². The fraction of sp³-hybridized carbons (Fsp3) is 0.333. The van der Waals surface area contributed by atoms with Gasteiger partial charge in [-0.2, -0.15) is 0 Å². The maximum atomic E-state index is 11.1. The summed E-state index contributed by atoms with van der Waals surface area (Å²) >= 11 is 5.69. The molecule has 1 rings (SSSR count). The third-order valence-electron chi connectivity index (χ3n) is 1.68. The third-order valence-corrected chi connectivity index (χ3v) is 1.89. The fourth-order valence-corrected chi connectivity index (χ4v) is 1.16. The van der Waals surface area contributed by atoms with E-state index in [0.717, 1.165) is 0 Å². The summed E-state index contributed by atoms with van der Waals surface area (Å²) in [4.78, 5) is 15.1. The third kappa shape index (κ3) is 3.63. The molecule has 1 aromatic rings. The number of nitrogens with two attached hydrogens (primary N) is 1. The standard InChI is InChI=1S/C9H13ClN4O/c1-2-12-8(15)5-13-9-6(11)3-4-7(10)14-9/h3-4H,2,5,11H2,1H3,(H,12,15)(H,13,14). The number of nitrogens with one attached hydrogen (secondary N) is 2. The fourth-order valence-electron chi connectivity index (χ4n) is 1.01. The molecule has 0 fully saturated rings. The molecule has 1 heterocycles. The minimum absolute atomic E-state index is 0.112. The minimum Gasteiger partial charge on any atom is -0.396 e. The Kier molecular flexibility index (Phi) is 4.17. The molecule has 0 atom stereocenters. The van der Waals surface area contributed by atoms with Gasteiger partial charge in [0.2, 0.25) is 5.91 Å². The summed E-state index contributed by atoms with van der Waals surface area (Å²) in [6.45, 7) is 2.58. The topological polar surface area (TPSA) is 80.0 Å². The van der Waals surface area contributed by atoms with Crippen molar-refractivity contribution in [3.8, 4) is 0 Å². The van der Waals surface area contributed by atoms with Gasteiger partial charge in [-0.1, -0.05) is 11.6 Å². The lowest BCUT2D eigenvalue weighted by Gasteiger charge is -2.07. The predicted octanol–water partition coefficient (Wildman–Crippen LogP) is 0.865. The first-order valence-corrected chi connectivity index (χ1v) is 4.94. The van der Waals surface area contributed by atoms with E-state index in [2.05, 4.69) is 15.6 Å². The molecule has 0 saturated carbocycles. The van der Waals surface area contributed by atoms with Crippen LogP contribution < -0.4 is 16.4 Å². The monoisotopic (exact) mass is 228 g/mol. The average Bonchev–Trinajstić information content (AvgIpc) is 2.20. The Morgan fingerprint density at radius 1 is 1.60 bits per heavy atom. The lowest BCUT2D eigenvalue weighted by atomic mass is 10.4. The van der Waals surface area contributed by atoms with Crippen molar-refractivity contribution >= 4 is 29.0 Å². The Labute approximate surface area is 93.0 Å². The highest BCUT2D eigenvalue weighted by Crippen LogP contribution is 2.17. The van der Waals surface area contributed by atoms with Crippen LogP contribution in [0.5, 0.6) is 0 Å². The van der Waals surface area contributed by atoms with Crippen molar-refractivity contribution in [2.75, 3.05) is 24.1 Å². The molecule has 0 bridgehead atoms. The zero-order chi connectivity index (χ0) is 11.3.